The lowest BCUT2D eigenvalue weighted by atomic mass is 9.58. The van der Waals surface area contributed by atoms with E-state index >= 15 is 0 Å². The summed E-state index contributed by atoms with van der Waals surface area (Å²) in [5.74, 6) is 1.04. The Morgan fingerprint density at radius 2 is 2.00 bits per heavy atom. The minimum atomic E-state index is -0.543. The van der Waals surface area contributed by atoms with E-state index in [0.717, 1.165) is 12.8 Å². The van der Waals surface area contributed by atoms with E-state index in [1.54, 1.807) is 0 Å². The molecule has 0 aromatic rings. The van der Waals surface area contributed by atoms with Gasteiger partial charge in [0.1, 0.15) is 11.7 Å². The molecule has 0 aromatic carbocycles. The van der Waals surface area contributed by atoms with E-state index < -0.39 is 5.92 Å². The third kappa shape index (κ3) is 2.60. The first-order chi connectivity index (χ1) is 8.95. The molecule has 19 heavy (non-hydrogen) atoms. The van der Waals surface area contributed by atoms with Crippen LogP contribution < -0.4 is 0 Å². The Bertz CT molecular complexity index is 399. The lowest BCUT2D eigenvalue weighted by Crippen LogP contribution is -2.44. The molecule has 106 valence electrons. The molecular formula is C16H24O3. The van der Waals surface area contributed by atoms with Crippen LogP contribution in [0.2, 0.25) is 0 Å². The van der Waals surface area contributed by atoms with Gasteiger partial charge < -0.3 is 4.74 Å². The Morgan fingerprint density at radius 3 is 2.58 bits per heavy atom. The number of carbonyl (C=O) groups is 2. The first-order valence-corrected chi connectivity index (χ1v) is 7.21. The minimum absolute atomic E-state index is 0.0716. The van der Waals surface area contributed by atoms with Gasteiger partial charge in [-0.2, -0.15) is 0 Å². The van der Waals surface area contributed by atoms with Gasteiger partial charge in [0.25, 0.3) is 0 Å². The molecule has 2 saturated carbocycles. The Morgan fingerprint density at radius 1 is 1.32 bits per heavy atom. The third-order valence-corrected chi connectivity index (χ3v) is 5.18. The smallest absolute Gasteiger partial charge is 0.316 e. The predicted octanol–water partition coefficient (Wildman–Crippen LogP) is 2.99. The molecule has 0 aliphatic heterocycles. The summed E-state index contributed by atoms with van der Waals surface area (Å²) in [4.78, 5) is 23.9. The molecule has 0 amide bonds. The molecule has 0 radical (unpaired) electrons. The van der Waals surface area contributed by atoms with E-state index in [9.17, 15) is 9.59 Å². The number of carbonyl (C=O) groups excluding carboxylic acids is 2. The quantitative estimate of drug-likeness (QED) is 0.437. The molecule has 0 aromatic heterocycles. The first-order valence-electron chi connectivity index (χ1n) is 7.21. The number of hydrogen-bond donors (Lipinski definition) is 0. The highest BCUT2D eigenvalue weighted by Crippen LogP contribution is 2.49. The zero-order valence-electron chi connectivity index (χ0n) is 12.1. The summed E-state index contributed by atoms with van der Waals surface area (Å²) in [6, 6.07) is 0. The molecule has 3 heteroatoms. The SMILES string of the molecule is C=C(C)[C@@H]1CC[C@@H](C)[C@@H]2CC(=O)C(C(=O)OC)C[C@H]21. The molecule has 2 fully saturated rings. The molecule has 2 aliphatic rings. The van der Waals surface area contributed by atoms with Gasteiger partial charge in [-0.25, -0.2) is 0 Å². The maximum Gasteiger partial charge on any atom is 0.316 e. The fraction of sp³-hybridized carbons (Fsp3) is 0.750. The van der Waals surface area contributed by atoms with Crippen molar-refractivity contribution in [2.45, 2.75) is 39.5 Å². The number of ether oxygens (including phenoxy) is 1. The van der Waals surface area contributed by atoms with Crippen LogP contribution in [-0.2, 0) is 14.3 Å². The number of allylic oxidation sites excluding steroid dienone is 1. The van der Waals surface area contributed by atoms with Gasteiger partial charge in [0.05, 0.1) is 7.11 Å². The fourth-order valence-corrected chi connectivity index (χ4v) is 4.04. The normalized spacial score (nSPS) is 38.5. The van der Waals surface area contributed by atoms with E-state index in [2.05, 4.69) is 20.4 Å². The van der Waals surface area contributed by atoms with Crippen molar-refractivity contribution in [3.63, 3.8) is 0 Å². The molecule has 0 bridgehead atoms. The maximum absolute atomic E-state index is 12.1. The second-order valence-corrected chi connectivity index (χ2v) is 6.32. The zero-order valence-corrected chi connectivity index (χ0v) is 12.1. The third-order valence-electron chi connectivity index (χ3n) is 5.18. The van der Waals surface area contributed by atoms with Gasteiger partial charge in [-0.1, -0.05) is 19.1 Å². The largest absolute Gasteiger partial charge is 0.468 e. The van der Waals surface area contributed by atoms with Gasteiger partial charge in [-0.15, -0.1) is 0 Å². The molecule has 0 spiro atoms. The first kappa shape index (κ1) is 14.3. The molecule has 1 unspecified atom stereocenters. The van der Waals surface area contributed by atoms with Gasteiger partial charge in [-0.05, 0) is 49.9 Å². The van der Waals surface area contributed by atoms with E-state index in [4.69, 9.17) is 4.74 Å². The second-order valence-electron chi connectivity index (χ2n) is 6.32. The zero-order chi connectivity index (χ0) is 14.2. The van der Waals surface area contributed by atoms with Crippen molar-refractivity contribution in [1.82, 2.24) is 0 Å². The molecule has 2 aliphatic carbocycles. The van der Waals surface area contributed by atoms with Crippen LogP contribution in [-0.4, -0.2) is 18.9 Å². The van der Waals surface area contributed by atoms with Crippen LogP contribution in [0, 0.1) is 29.6 Å². The summed E-state index contributed by atoms with van der Waals surface area (Å²) >= 11 is 0. The minimum Gasteiger partial charge on any atom is -0.468 e. The summed E-state index contributed by atoms with van der Waals surface area (Å²) in [7, 11) is 1.36. The number of ketones is 1. The van der Waals surface area contributed by atoms with Crippen molar-refractivity contribution < 1.29 is 14.3 Å². The average molecular weight is 264 g/mol. The number of Topliss-reactive ketones (excluding diaryl/α,β-unsaturated/α-hetero) is 1. The molecule has 3 nitrogen and oxygen atoms in total. The summed E-state index contributed by atoms with van der Waals surface area (Å²) in [6.07, 6.45) is 3.49. The molecule has 5 atom stereocenters. The van der Waals surface area contributed by atoms with E-state index in [1.807, 2.05) is 0 Å². The van der Waals surface area contributed by atoms with Crippen LogP contribution in [0.25, 0.3) is 0 Å². The summed E-state index contributed by atoms with van der Waals surface area (Å²) < 4.78 is 4.78. The van der Waals surface area contributed by atoms with Crippen LogP contribution in [0.3, 0.4) is 0 Å². The highest BCUT2D eigenvalue weighted by molar-refractivity contribution is 5.99. The van der Waals surface area contributed by atoms with E-state index in [1.165, 1.54) is 12.7 Å². The van der Waals surface area contributed by atoms with Crippen molar-refractivity contribution in [2.75, 3.05) is 7.11 Å². The van der Waals surface area contributed by atoms with Gasteiger partial charge in [0.15, 0.2) is 0 Å². The fourth-order valence-electron chi connectivity index (χ4n) is 4.04. The molecular weight excluding hydrogens is 240 g/mol. The monoisotopic (exact) mass is 264 g/mol. The standard InChI is InChI=1S/C16H24O3/c1-9(2)11-6-5-10(3)12-8-15(17)14(7-13(11)12)16(18)19-4/h10-14H,1,5-8H2,2-4H3/t10-,11+,12+,13+,14?/m1/s1. The number of rotatable bonds is 2. The average Bonchev–Trinajstić information content (AvgIpc) is 2.38. The maximum atomic E-state index is 12.1. The highest BCUT2D eigenvalue weighted by atomic mass is 16.5. The lowest BCUT2D eigenvalue weighted by molar-refractivity contribution is -0.154. The van der Waals surface area contributed by atoms with Gasteiger partial charge in [0.2, 0.25) is 0 Å². The number of hydrogen-bond acceptors (Lipinski definition) is 3. The topological polar surface area (TPSA) is 43.4 Å². The molecule has 0 heterocycles. The second kappa shape index (κ2) is 5.48. The van der Waals surface area contributed by atoms with Crippen LogP contribution >= 0.6 is 0 Å². The van der Waals surface area contributed by atoms with Gasteiger partial charge in [0, 0.05) is 6.42 Å². The van der Waals surface area contributed by atoms with Crippen molar-refractivity contribution in [3.8, 4) is 0 Å². The predicted molar refractivity (Wildman–Crippen MR) is 73.4 cm³/mol. The number of esters is 1. The van der Waals surface area contributed by atoms with Crippen LogP contribution in [0.15, 0.2) is 12.2 Å². The number of fused-ring (bicyclic) bond motifs is 1. The van der Waals surface area contributed by atoms with Gasteiger partial charge >= 0.3 is 5.97 Å². The van der Waals surface area contributed by atoms with Crippen LogP contribution in [0.1, 0.15) is 39.5 Å². The number of methoxy groups -OCH3 is 1. The van der Waals surface area contributed by atoms with E-state index in [-0.39, 0.29) is 11.8 Å². The Kier molecular flexibility index (Phi) is 4.12. The van der Waals surface area contributed by atoms with Crippen LogP contribution in [0.5, 0.6) is 0 Å². The Balaban J connectivity index is 2.22. The Hall–Kier alpha value is -1.12. The Labute approximate surface area is 115 Å². The van der Waals surface area contributed by atoms with Crippen molar-refractivity contribution >= 4 is 11.8 Å². The molecule has 0 saturated heterocycles. The van der Waals surface area contributed by atoms with Crippen molar-refractivity contribution in [3.05, 3.63) is 12.2 Å². The summed E-state index contributed by atoms with van der Waals surface area (Å²) in [6.45, 7) is 8.41. The van der Waals surface area contributed by atoms with Crippen LogP contribution in [0.4, 0.5) is 0 Å². The lowest BCUT2D eigenvalue weighted by Gasteiger charge is -2.46. The molecule has 2 rings (SSSR count). The van der Waals surface area contributed by atoms with Crippen molar-refractivity contribution in [2.24, 2.45) is 29.6 Å². The summed E-state index contributed by atoms with van der Waals surface area (Å²) in [5, 5.41) is 0. The highest BCUT2D eigenvalue weighted by Gasteiger charge is 2.46. The summed E-state index contributed by atoms with van der Waals surface area (Å²) in [5.41, 5.74) is 1.19. The molecule has 0 N–H and O–H groups in total. The van der Waals surface area contributed by atoms with Gasteiger partial charge in [-0.3, -0.25) is 9.59 Å². The van der Waals surface area contributed by atoms with Crippen molar-refractivity contribution in [1.29, 1.82) is 0 Å². The van der Waals surface area contributed by atoms with E-state index in [0.29, 0.717) is 36.5 Å².